The second-order valence-electron chi connectivity index (χ2n) is 4.40. The van der Waals surface area contributed by atoms with Crippen molar-refractivity contribution in [1.29, 1.82) is 0 Å². The fraction of sp³-hybridized carbons (Fsp3) is 0.727. The first kappa shape index (κ1) is 11.5. The van der Waals surface area contributed by atoms with Gasteiger partial charge in [-0.15, -0.1) is 0 Å². The smallest absolute Gasteiger partial charge is 0.303 e. The molecule has 2 heterocycles. The third kappa shape index (κ3) is 2.78. The SMILES string of the molecule is CC(F)(F)c1cnc(CC2CCNCC2)o1. The van der Waals surface area contributed by atoms with Crippen LogP contribution in [0.2, 0.25) is 0 Å². The maximum absolute atomic E-state index is 12.9. The Labute approximate surface area is 93.2 Å². The first-order valence-electron chi connectivity index (χ1n) is 5.59. The van der Waals surface area contributed by atoms with Crippen LogP contribution in [0.1, 0.15) is 31.4 Å². The van der Waals surface area contributed by atoms with Gasteiger partial charge in [0.2, 0.25) is 0 Å². The minimum atomic E-state index is -2.93. The van der Waals surface area contributed by atoms with Gasteiger partial charge in [0.1, 0.15) is 0 Å². The Balaban J connectivity index is 1.97. The van der Waals surface area contributed by atoms with Crippen molar-refractivity contribution < 1.29 is 13.2 Å². The van der Waals surface area contributed by atoms with Crippen LogP contribution in [0.25, 0.3) is 0 Å². The molecule has 0 atom stereocenters. The number of alkyl halides is 2. The number of hydrogen-bond donors (Lipinski definition) is 1. The number of oxazole rings is 1. The Kier molecular flexibility index (Phi) is 3.23. The van der Waals surface area contributed by atoms with Crippen LogP contribution in [0.3, 0.4) is 0 Å². The van der Waals surface area contributed by atoms with Crippen molar-refractivity contribution in [3.8, 4) is 0 Å². The number of rotatable bonds is 3. The van der Waals surface area contributed by atoms with Gasteiger partial charge < -0.3 is 9.73 Å². The lowest BCUT2D eigenvalue weighted by Crippen LogP contribution is -2.28. The zero-order chi connectivity index (χ0) is 11.6. The zero-order valence-corrected chi connectivity index (χ0v) is 9.30. The fourth-order valence-corrected chi connectivity index (χ4v) is 1.94. The van der Waals surface area contributed by atoms with Crippen LogP contribution in [-0.4, -0.2) is 18.1 Å². The molecule has 1 aromatic heterocycles. The van der Waals surface area contributed by atoms with Crippen LogP contribution in [-0.2, 0) is 12.3 Å². The lowest BCUT2D eigenvalue weighted by Gasteiger charge is -2.20. The van der Waals surface area contributed by atoms with Crippen molar-refractivity contribution >= 4 is 0 Å². The summed E-state index contributed by atoms with van der Waals surface area (Å²) < 4.78 is 30.9. The average molecular weight is 230 g/mol. The van der Waals surface area contributed by atoms with Crippen molar-refractivity contribution in [1.82, 2.24) is 10.3 Å². The Morgan fingerprint density at radius 1 is 1.50 bits per heavy atom. The molecule has 1 aliphatic heterocycles. The maximum atomic E-state index is 12.9. The van der Waals surface area contributed by atoms with Gasteiger partial charge in [-0.25, -0.2) is 4.98 Å². The monoisotopic (exact) mass is 230 g/mol. The molecule has 0 aliphatic carbocycles. The molecule has 2 rings (SSSR count). The van der Waals surface area contributed by atoms with Crippen molar-refractivity contribution in [2.24, 2.45) is 5.92 Å². The molecular weight excluding hydrogens is 214 g/mol. The van der Waals surface area contributed by atoms with Gasteiger partial charge in [-0.2, -0.15) is 8.78 Å². The average Bonchev–Trinajstić information content (AvgIpc) is 2.67. The number of aromatic nitrogens is 1. The summed E-state index contributed by atoms with van der Waals surface area (Å²) in [6.45, 7) is 2.80. The van der Waals surface area contributed by atoms with Gasteiger partial charge in [0, 0.05) is 13.3 Å². The van der Waals surface area contributed by atoms with E-state index >= 15 is 0 Å². The van der Waals surface area contributed by atoms with Gasteiger partial charge in [0.05, 0.1) is 6.20 Å². The predicted octanol–water partition coefficient (Wildman–Crippen LogP) is 2.33. The molecule has 1 fully saturated rings. The quantitative estimate of drug-likeness (QED) is 0.866. The van der Waals surface area contributed by atoms with E-state index in [1.54, 1.807) is 0 Å². The van der Waals surface area contributed by atoms with Gasteiger partial charge in [-0.05, 0) is 31.8 Å². The van der Waals surface area contributed by atoms with Crippen LogP contribution >= 0.6 is 0 Å². The number of hydrogen-bond acceptors (Lipinski definition) is 3. The van der Waals surface area contributed by atoms with Gasteiger partial charge in [0.15, 0.2) is 11.7 Å². The largest absolute Gasteiger partial charge is 0.439 e. The summed E-state index contributed by atoms with van der Waals surface area (Å²) in [6, 6.07) is 0. The van der Waals surface area contributed by atoms with E-state index < -0.39 is 5.92 Å². The molecule has 0 amide bonds. The summed E-state index contributed by atoms with van der Waals surface area (Å²) in [5.74, 6) is -2.34. The molecule has 0 bridgehead atoms. The molecule has 5 heteroatoms. The molecule has 1 aliphatic rings. The van der Waals surface area contributed by atoms with Crippen molar-refractivity contribution in [3.63, 3.8) is 0 Å². The molecule has 0 spiro atoms. The number of piperidine rings is 1. The lowest BCUT2D eigenvalue weighted by molar-refractivity contribution is -0.00647. The minimum absolute atomic E-state index is 0.337. The Morgan fingerprint density at radius 2 is 2.19 bits per heavy atom. The van der Waals surface area contributed by atoms with Crippen LogP contribution < -0.4 is 5.32 Å². The summed E-state index contributed by atoms with van der Waals surface area (Å²) in [5, 5.41) is 3.26. The lowest BCUT2D eigenvalue weighted by atomic mass is 9.95. The summed E-state index contributed by atoms with van der Waals surface area (Å²) in [6.07, 6.45) is 3.91. The predicted molar refractivity (Wildman–Crippen MR) is 55.4 cm³/mol. The molecular formula is C11H16F2N2O. The Bertz CT molecular complexity index is 340. The standard InChI is InChI=1S/C11H16F2N2O/c1-11(12,13)9-7-15-10(16-9)6-8-2-4-14-5-3-8/h7-8,14H,2-6H2,1H3. The number of nitrogens with one attached hydrogen (secondary N) is 1. The van der Waals surface area contributed by atoms with E-state index in [-0.39, 0.29) is 5.76 Å². The first-order valence-corrected chi connectivity index (χ1v) is 5.59. The van der Waals surface area contributed by atoms with Gasteiger partial charge in [-0.3, -0.25) is 0 Å². The van der Waals surface area contributed by atoms with Gasteiger partial charge in [-0.1, -0.05) is 0 Å². The van der Waals surface area contributed by atoms with Crippen molar-refractivity contribution in [2.75, 3.05) is 13.1 Å². The van der Waals surface area contributed by atoms with Crippen LogP contribution in [0, 0.1) is 5.92 Å². The summed E-state index contributed by atoms with van der Waals surface area (Å²) >= 11 is 0. The molecule has 1 N–H and O–H groups in total. The second-order valence-corrected chi connectivity index (χ2v) is 4.40. The summed E-state index contributed by atoms with van der Waals surface area (Å²) in [7, 11) is 0. The van der Waals surface area contributed by atoms with E-state index in [4.69, 9.17) is 4.42 Å². The molecule has 0 aromatic carbocycles. The highest BCUT2D eigenvalue weighted by Gasteiger charge is 2.29. The summed E-state index contributed by atoms with van der Waals surface area (Å²) in [5.41, 5.74) is 0. The normalized spacial score (nSPS) is 18.9. The van der Waals surface area contributed by atoms with Crippen LogP contribution in [0.15, 0.2) is 10.6 Å². The van der Waals surface area contributed by atoms with Gasteiger partial charge >= 0.3 is 5.92 Å². The second kappa shape index (κ2) is 4.49. The van der Waals surface area contributed by atoms with Crippen molar-refractivity contribution in [3.05, 3.63) is 17.8 Å². The van der Waals surface area contributed by atoms with E-state index in [0.29, 0.717) is 18.2 Å². The number of nitrogens with zero attached hydrogens (tertiary/aromatic N) is 1. The molecule has 0 unspecified atom stereocenters. The third-order valence-corrected chi connectivity index (χ3v) is 2.91. The van der Waals surface area contributed by atoms with E-state index in [2.05, 4.69) is 10.3 Å². The maximum Gasteiger partial charge on any atom is 0.303 e. The molecule has 0 radical (unpaired) electrons. The minimum Gasteiger partial charge on any atom is -0.439 e. The highest BCUT2D eigenvalue weighted by Crippen LogP contribution is 2.28. The molecule has 16 heavy (non-hydrogen) atoms. The number of halogens is 2. The molecule has 0 saturated carbocycles. The molecule has 3 nitrogen and oxygen atoms in total. The highest BCUT2D eigenvalue weighted by molar-refractivity contribution is 5.01. The fourth-order valence-electron chi connectivity index (χ4n) is 1.94. The van der Waals surface area contributed by atoms with Crippen LogP contribution in [0.5, 0.6) is 0 Å². The first-order chi connectivity index (χ1) is 7.55. The summed E-state index contributed by atoms with van der Waals surface area (Å²) in [4.78, 5) is 3.91. The van der Waals surface area contributed by atoms with Gasteiger partial charge in [0.25, 0.3) is 0 Å². The van der Waals surface area contributed by atoms with Crippen LogP contribution in [0.4, 0.5) is 8.78 Å². The Hall–Kier alpha value is -0.970. The van der Waals surface area contributed by atoms with E-state index in [9.17, 15) is 8.78 Å². The van der Waals surface area contributed by atoms with E-state index in [1.807, 2.05) is 0 Å². The highest BCUT2D eigenvalue weighted by atomic mass is 19.3. The third-order valence-electron chi connectivity index (χ3n) is 2.91. The molecule has 1 aromatic rings. The van der Waals surface area contributed by atoms with E-state index in [0.717, 1.165) is 39.1 Å². The van der Waals surface area contributed by atoms with E-state index in [1.165, 1.54) is 0 Å². The molecule has 90 valence electrons. The van der Waals surface area contributed by atoms with Crippen molar-refractivity contribution in [2.45, 2.75) is 32.1 Å². The Morgan fingerprint density at radius 3 is 2.75 bits per heavy atom. The topological polar surface area (TPSA) is 38.1 Å². The molecule has 1 saturated heterocycles. The zero-order valence-electron chi connectivity index (χ0n) is 9.30.